The molecule has 0 spiro atoms. The Balaban J connectivity index is 1.76. The fourth-order valence-corrected chi connectivity index (χ4v) is 4.33. The van der Waals surface area contributed by atoms with Gasteiger partial charge < -0.3 is 10.2 Å². The first-order valence-corrected chi connectivity index (χ1v) is 10.5. The van der Waals surface area contributed by atoms with Crippen molar-refractivity contribution in [3.63, 3.8) is 0 Å². The molecule has 144 valence electrons. The lowest BCUT2D eigenvalue weighted by molar-refractivity contribution is -0.133. The molecule has 2 aromatic rings. The van der Waals surface area contributed by atoms with Crippen molar-refractivity contribution in [3.8, 4) is 0 Å². The molecule has 0 aliphatic carbocycles. The van der Waals surface area contributed by atoms with Gasteiger partial charge in [-0.15, -0.1) is 22.7 Å². The van der Waals surface area contributed by atoms with E-state index in [4.69, 9.17) is 0 Å². The maximum absolute atomic E-state index is 13.0. The van der Waals surface area contributed by atoms with Crippen molar-refractivity contribution in [3.05, 3.63) is 44.8 Å². The normalized spacial score (nSPS) is 17.0. The van der Waals surface area contributed by atoms with E-state index in [2.05, 4.69) is 10.4 Å². The van der Waals surface area contributed by atoms with E-state index in [1.54, 1.807) is 34.7 Å². The molecule has 27 heavy (non-hydrogen) atoms. The summed E-state index contributed by atoms with van der Waals surface area (Å²) in [7, 11) is 1.62. The summed E-state index contributed by atoms with van der Waals surface area (Å²) in [5.74, 6) is -0.188. The second kappa shape index (κ2) is 7.82. The van der Waals surface area contributed by atoms with Crippen LogP contribution >= 0.6 is 22.7 Å². The summed E-state index contributed by atoms with van der Waals surface area (Å²) < 4.78 is 0. The van der Waals surface area contributed by atoms with E-state index in [-0.39, 0.29) is 30.1 Å². The molecule has 1 N–H and O–H groups in total. The van der Waals surface area contributed by atoms with Crippen molar-refractivity contribution in [2.45, 2.75) is 38.8 Å². The highest BCUT2D eigenvalue weighted by atomic mass is 32.1. The zero-order valence-corrected chi connectivity index (χ0v) is 17.6. The summed E-state index contributed by atoms with van der Waals surface area (Å²) in [5, 5.41) is 13.0. The topological polar surface area (TPSA) is 65.0 Å². The summed E-state index contributed by atoms with van der Waals surface area (Å²) >= 11 is 3.24. The lowest BCUT2D eigenvalue weighted by atomic mass is 10.1. The van der Waals surface area contributed by atoms with Crippen LogP contribution in [0.2, 0.25) is 0 Å². The molecule has 0 aromatic carbocycles. The molecule has 3 amide bonds. The molecule has 0 fully saturated rings. The molecule has 0 radical (unpaired) electrons. The van der Waals surface area contributed by atoms with E-state index in [0.29, 0.717) is 6.42 Å². The molecule has 1 aliphatic rings. The lowest BCUT2D eigenvalue weighted by Gasteiger charge is -2.27. The van der Waals surface area contributed by atoms with E-state index in [1.807, 2.05) is 55.8 Å². The van der Waals surface area contributed by atoms with E-state index in [9.17, 15) is 9.59 Å². The van der Waals surface area contributed by atoms with Gasteiger partial charge in [0.05, 0.1) is 16.6 Å². The van der Waals surface area contributed by atoms with E-state index < -0.39 is 0 Å². The fourth-order valence-electron chi connectivity index (χ4n) is 2.80. The molecule has 3 rings (SSSR count). The van der Waals surface area contributed by atoms with Crippen molar-refractivity contribution in [2.24, 2.45) is 5.10 Å². The third-order valence-corrected chi connectivity index (χ3v) is 5.94. The van der Waals surface area contributed by atoms with Gasteiger partial charge in [0.2, 0.25) is 0 Å². The molecule has 0 saturated carbocycles. The molecule has 6 nitrogen and oxygen atoms in total. The monoisotopic (exact) mass is 404 g/mol. The first kappa shape index (κ1) is 19.6. The SMILES string of the molecule is CN(CC(=O)N1N=C(c2cccs2)C[C@H]1c1cccs1)C(=O)NC(C)(C)C. The number of hydrazone groups is 1. The Morgan fingerprint density at radius 3 is 2.56 bits per heavy atom. The van der Waals surface area contributed by atoms with Crippen molar-refractivity contribution in [2.75, 3.05) is 13.6 Å². The zero-order valence-electron chi connectivity index (χ0n) is 15.9. The van der Waals surface area contributed by atoms with Crippen molar-refractivity contribution in [1.29, 1.82) is 0 Å². The molecule has 2 aromatic heterocycles. The second-order valence-corrected chi connectivity index (χ2v) is 9.46. The number of hydrogen-bond acceptors (Lipinski definition) is 5. The Morgan fingerprint density at radius 1 is 1.26 bits per heavy atom. The van der Waals surface area contributed by atoms with Gasteiger partial charge in [0, 0.05) is 23.9 Å². The first-order chi connectivity index (χ1) is 12.7. The van der Waals surface area contributed by atoms with Crippen molar-refractivity contribution < 1.29 is 9.59 Å². The van der Waals surface area contributed by atoms with Crippen LogP contribution in [0.25, 0.3) is 0 Å². The summed E-state index contributed by atoms with van der Waals surface area (Å²) in [5.41, 5.74) is 0.560. The van der Waals surface area contributed by atoms with E-state index in [1.165, 1.54) is 4.90 Å². The van der Waals surface area contributed by atoms with Crippen LogP contribution in [-0.4, -0.2) is 46.7 Å². The standard InChI is InChI=1S/C19H24N4O2S2/c1-19(2,3)20-18(25)22(4)12-17(24)23-14(16-8-6-10-27-16)11-13(21-23)15-7-5-9-26-15/h5-10,14H,11-12H2,1-4H3,(H,20,25)/t14-/m0/s1. The Bertz CT molecular complexity index is 823. The number of likely N-dealkylation sites (N-methyl/N-ethyl adjacent to an activating group) is 1. The van der Waals surface area contributed by atoms with Crippen LogP contribution in [0.3, 0.4) is 0 Å². The van der Waals surface area contributed by atoms with Gasteiger partial charge in [0.1, 0.15) is 6.54 Å². The highest BCUT2D eigenvalue weighted by Crippen LogP contribution is 2.35. The van der Waals surface area contributed by atoms with Gasteiger partial charge in [0.15, 0.2) is 0 Å². The van der Waals surface area contributed by atoms with Crippen molar-refractivity contribution in [1.82, 2.24) is 15.2 Å². The van der Waals surface area contributed by atoms with Gasteiger partial charge in [0.25, 0.3) is 5.91 Å². The molecule has 3 heterocycles. The largest absolute Gasteiger partial charge is 0.333 e. The molecule has 8 heteroatoms. The highest BCUT2D eigenvalue weighted by molar-refractivity contribution is 7.12. The first-order valence-electron chi connectivity index (χ1n) is 8.75. The summed E-state index contributed by atoms with van der Waals surface area (Å²) in [6.45, 7) is 5.70. The maximum atomic E-state index is 13.0. The summed E-state index contributed by atoms with van der Waals surface area (Å²) in [4.78, 5) is 28.8. The van der Waals surface area contributed by atoms with Gasteiger partial charge in [-0.3, -0.25) is 4.79 Å². The molecular weight excluding hydrogens is 380 g/mol. The van der Waals surface area contributed by atoms with Gasteiger partial charge in [-0.25, -0.2) is 9.80 Å². The van der Waals surface area contributed by atoms with Crippen molar-refractivity contribution >= 4 is 40.3 Å². The van der Waals surface area contributed by atoms with Crippen LogP contribution in [0.15, 0.2) is 40.1 Å². The Morgan fingerprint density at radius 2 is 1.96 bits per heavy atom. The minimum absolute atomic E-state index is 0.0228. The number of nitrogens with one attached hydrogen (secondary N) is 1. The number of amides is 3. The van der Waals surface area contributed by atoms with Crippen LogP contribution in [0.4, 0.5) is 4.79 Å². The highest BCUT2D eigenvalue weighted by Gasteiger charge is 2.34. The van der Waals surface area contributed by atoms with E-state index >= 15 is 0 Å². The molecule has 1 aliphatic heterocycles. The maximum Gasteiger partial charge on any atom is 0.318 e. The number of urea groups is 1. The number of rotatable bonds is 4. The Hall–Kier alpha value is -2.19. The van der Waals surface area contributed by atoms with Crippen LogP contribution in [-0.2, 0) is 4.79 Å². The van der Waals surface area contributed by atoms with Crippen LogP contribution in [0.1, 0.15) is 43.0 Å². The van der Waals surface area contributed by atoms with Gasteiger partial charge in [-0.2, -0.15) is 5.10 Å². The average molecular weight is 405 g/mol. The molecule has 1 atom stereocenters. The van der Waals surface area contributed by atoms with Gasteiger partial charge in [-0.1, -0.05) is 12.1 Å². The molecule has 0 unspecified atom stereocenters. The smallest absolute Gasteiger partial charge is 0.318 e. The van der Waals surface area contributed by atoms with Crippen LogP contribution in [0, 0.1) is 0 Å². The predicted octanol–water partition coefficient (Wildman–Crippen LogP) is 3.93. The lowest BCUT2D eigenvalue weighted by Crippen LogP contribution is -2.49. The quantitative estimate of drug-likeness (QED) is 0.839. The van der Waals surface area contributed by atoms with E-state index in [0.717, 1.165) is 15.5 Å². The fraction of sp³-hybridized carbons (Fsp3) is 0.421. The van der Waals surface area contributed by atoms with Crippen LogP contribution in [0.5, 0.6) is 0 Å². The number of thiophene rings is 2. The second-order valence-electron chi connectivity index (χ2n) is 7.53. The molecule has 0 saturated heterocycles. The summed E-state index contributed by atoms with van der Waals surface area (Å²) in [6, 6.07) is 7.62. The van der Waals surface area contributed by atoms with Crippen LogP contribution < -0.4 is 5.32 Å². The van der Waals surface area contributed by atoms with Gasteiger partial charge in [-0.05, 0) is 43.7 Å². The minimum Gasteiger partial charge on any atom is -0.333 e. The zero-order chi connectivity index (χ0) is 19.6. The number of carbonyl (C=O) groups is 2. The Kier molecular flexibility index (Phi) is 5.67. The number of carbonyl (C=O) groups excluding carboxylic acids is 2. The minimum atomic E-state index is -0.355. The molecular formula is C19H24N4O2S2. The summed E-state index contributed by atoms with van der Waals surface area (Å²) in [6.07, 6.45) is 0.685. The van der Waals surface area contributed by atoms with Gasteiger partial charge >= 0.3 is 6.03 Å². The number of nitrogens with zero attached hydrogens (tertiary/aromatic N) is 3. The predicted molar refractivity (Wildman–Crippen MR) is 110 cm³/mol. The third kappa shape index (κ3) is 4.75. The average Bonchev–Trinajstić information content (AvgIpc) is 3.32. The Labute approximate surface area is 167 Å². The number of hydrogen-bond donors (Lipinski definition) is 1. The third-order valence-electron chi connectivity index (χ3n) is 4.04. The molecule has 0 bridgehead atoms.